The van der Waals surface area contributed by atoms with E-state index in [2.05, 4.69) is 20.4 Å². The van der Waals surface area contributed by atoms with Crippen LogP contribution in [-0.2, 0) is 6.54 Å². The number of hydrogen-bond donors (Lipinski definition) is 1. The minimum atomic E-state index is -4.11. The van der Waals surface area contributed by atoms with E-state index in [-0.39, 0.29) is 0 Å². The zero-order valence-electron chi connectivity index (χ0n) is 10.6. The normalized spacial score (nSPS) is 18.7. The molecule has 9 heteroatoms. The SMILES string of the molecule is CNc1nnc(CN2CCN(CC(F)(F)F)CC2)s1. The van der Waals surface area contributed by atoms with Crippen LogP contribution in [0.15, 0.2) is 0 Å². The highest BCUT2D eigenvalue weighted by molar-refractivity contribution is 7.15. The van der Waals surface area contributed by atoms with Gasteiger partial charge in [-0.3, -0.25) is 9.80 Å². The minimum Gasteiger partial charge on any atom is -0.363 e. The van der Waals surface area contributed by atoms with Crippen molar-refractivity contribution < 1.29 is 13.2 Å². The number of rotatable bonds is 4. The van der Waals surface area contributed by atoms with Crippen LogP contribution in [0.25, 0.3) is 0 Å². The van der Waals surface area contributed by atoms with E-state index in [1.165, 1.54) is 16.2 Å². The van der Waals surface area contributed by atoms with Gasteiger partial charge in [0.25, 0.3) is 0 Å². The van der Waals surface area contributed by atoms with Gasteiger partial charge in [-0.25, -0.2) is 0 Å². The van der Waals surface area contributed by atoms with Crippen LogP contribution in [-0.4, -0.2) is 65.9 Å². The molecule has 0 spiro atoms. The van der Waals surface area contributed by atoms with Gasteiger partial charge < -0.3 is 5.32 Å². The summed E-state index contributed by atoms with van der Waals surface area (Å²) in [6, 6.07) is 0. The predicted octanol–water partition coefficient (Wildman–Crippen LogP) is 1.26. The maximum atomic E-state index is 12.2. The molecule has 0 bridgehead atoms. The van der Waals surface area contributed by atoms with Gasteiger partial charge in [-0.05, 0) is 0 Å². The first-order valence-electron chi connectivity index (χ1n) is 5.98. The Morgan fingerprint density at radius 2 is 1.79 bits per heavy atom. The Hall–Kier alpha value is -0.930. The predicted molar refractivity (Wildman–Crippen MR) is 67.2 cm³/mol. The Balaban J connectivity index is 1.77. The number of nitrogens with zero attached hydrogens (tertiary/aromatic N) is 4. The van der Waals surface area contributed by atoms with E-state index in [9.17, 15) is 13.2 Å². The number of halogens is 3. The average molecular weight is 295 g/mol. The second-order valence-electron chi connectivity index (χ2n) is 4.42. The summed E-state index contributed by atoms with van der Waals surface area (Å²) in [5.74, 6) is 0. The maximum absolute atomic E-state index is 12.2. The first-order valence-corrected chi connectivity index (χ1v) is 6.79. The van der Waals surface area contributed by atoms with Crippen molar-refractivity contribution in [1.82, 2.24) is 20.0 Å². The second-order valence-corrected chi connectivity index (χ2v) is 5.48. The molecule has 0 amide bonds. The molecule has 0 unspecified atom stereocenters. The summed E-state index contributed by atoms with van der Waals surface area (Å²) in [4.78, 5) is 3.54. The van der Waals surface area contributed by atoms with Crippen molar-refractivity contribution in [3.8, 4) is 0 Å². The Bertz CT molecular complexity index is 400. The highest BCUT2D eigenvalue weighted by atomic mass is 32.1. The second kappa shape index (κ2) is 6.02. The summed E-state index contributed by atoms with van der Waals surface area (Å²) in [5, 5.41) is 12.5. The average Bonchev–Trinajstić information content (AvgIpc) is 2.77. The van der Waals surface area contributed by atoms with E-state index in [4.69, 9.17) is 0 Å². The summed E-state index contributed by atoms with van der Waals surface area (Å²) < 4.78 is 36.7. The van der Waals surface area contributed by atoms with Crippen LogP contribution >= 0.6 is 11.3 Å². The molecule has 1 saturated heterocycles. The molecule has 0 aliphatic carbocycles. The zero-order valence-corrected chi connectivity index (χ0v) is 11.4. The smallest absolute Gasteiger partial charge is 0.363 e. The van der Waals surface area contributed by atoms with Crippen LogP contribution in [0.2, 0.25) is 0 Å². The van der Waals surface area contributed by atoms with Crippen LogP contribution in [0.5, 0.6) is 0 Å². The van der Waals surface area contributed by atoms with E-state index >= 15 is 0 Å². The number of nitrogens with one attached hydrogen (secondary N) is 1. The summed E-state index contributed by atoms with van der Waals surface area (Å²) in [6.07, 6.45) is -4.11. The van der Waals surface area contributed by atoms with Crippen molar-refractivity contribution in [2.24, 2.45) is 0 Å². The van der Waals surface area contributed by atoms with Gasteiger partial charge in [-0.1, -0.05) is 11.3 Å². The highest BCUT2D eigenvalue weighted by Crippen LogP contribution is 2.19. The van der Waals surface area contributed by atoms with E-state index in [0.717, 1.165) is 10.1 Å². The lowest BCUT2D eigenvalue weighted by molar-refractivity contribution is -0.149. The summed E-state index contributed by atoms with van der Waals surface area (Å²) in [7, 11) is 1.78. The minimum absolute atomic E-state index is 0.442. The van der Waals surface area contributed by atoms with Gasteiger partial charge in [0, 0.05) is 33.2 Å². The molecule has 0 radical (unpaired) electrons. The molecular formula is C10H16F3N5S. The maximum Gasteiger partial charge on any atom is 0.401 e. The molecule has 5 nitrogen and oxygen atoms in total. The molecule has 1 aromatic rings. The quantitative estimate of drug-likeness (QED) is 0.906. The highest BCUT2D eigenvalue weighted by Gasteiger charge is 2.32. The van der Waals surface area contributed by atoms with E-state index in [1.807, 2.05) is 0 Å². The molecule has 1 aliphatic rings. The topological polar surface area (TPSA) is 44.3 Å². The van der Waals surface area contributed by atoms with E-state index < -0.39 is 12.7 Å². The fourth-order valence-corrected chi connectivity index (χ4v) is 2.70. The van der Waals surface area contributed by atoms with Crippen LogP contribution in [0, 0.1) is 0 Å². The fraction of sp³-hybridized carbons (Fsp3) is 0.800. The van der Waals surface area contributed by atoms with Crippen molar-refractivity contribution in [2.45, 2.75) is 12.7 Å². The van der Waals surface area contributed by atoms with Gasteiger partial charge in [-0.15, -0.1) is 10.2 Å². The molecule has 1 aromatic heterocycles. The van der Waals surface area contributed by atoms with Crippen molar-refractivity contribution in [2.75, 3.05) is 45.1 Å². The molecule has 2 heterocycles. The molecule has 2 rings (SSSR count). The third-order valence-electron chi connectivity index (χ3n) is 2.91. The Kier molecular flexibility index (Phi) is 4.58. The molecule has 0 atom stereocenters. The van der Waals surface area contributed by atoms with Gasteiger partial charge in [0.15, 0.2) is 0 Å². The fourth-order valence-electron chi connectivity index (χ4n) is 1.97. The lowest BCUT2D eigenvalue weighted by Gasteiger charge is -2.34. The van der Waals surface area contributed by atoms with E-state index in [1.54, 1.807) is 7.05 Å². The van der Waals surface area contributed by atoms with Crippen LogP contribution in [0.3, 0.4) is 0 Å². The molecule has 0 aromatic carbocycles. The number of anilines is 1. The lowest BCUT2D eigenvalue weighted by Crippen LogP contribution is -2.48. The molecule has 19 heavy (non-hydrogen) atoms. The molecular weight excluding hydrogens is 279 g/mol. The van der Waals surface area contributed by atoms with Crippen LogP contribution in [0.1, 0.15) is 5.01 Å². The van der Waals surface area contributed by atoms with E-state index in [0.29, 0.717) is 32.7 Å². The summed E-state index contributed by atoms with van der Waals surface area (Å²) in [5.41, 5.74) is 0. The van der Waals surface area contributed by atoms with Crippen molar-refractivity contribution >= 4 is 16.5 Å². The molecule has 108 valence electrons. The molecule has 0 saturated carbocycles. The Labute approximate surface area is 113 Å². The van der Waals surface area contributed by atoms with Gasteiger partial charge in [0.1, 0.15) is 5.01 Å². The Morgan fingerprint density at radius 1 is 1.16 bits per heavy atom. The first kappa shape index (κ1) is 14.5. The number of hydrogen-bond acceptors (Lipinski definition) is 6. The van der Waals surface area contributed by atoms with Crippen LogP contribution in [0.4, 0.5) is 18.3 Å². The lowest BCUT2D eigenvalue weighted by atomic mass is 10.3. The zero-order chi connectivity index (χ0) is 13.9. The number of aromatic nitrogens is 2. The van der Waals surface area contributed by atoms with Crippen molar-refractivity contribution in [3.05, 3.63) is 5.01 Å². The van der Waals surface area contributed by atoms with Crippen LogP contribution < -0.4 is 5.32 Å². The Morgan fingerprint density at radius 3 is 2.32 bits per heavy atom. The van der Waals surface area contributed by atoms with Gasteiger partial charge >= 0.3 is 6.18 Å². The summed E-state index contributed by atoms with van der Waals surface area (Å²) >= 11 is 1.47. The van der Waals surface area contributed by atoms with Gasteiger partial charge in [0.2, 0.25) is 5.13 Å². The van der Waals surface area contributed by atoms with Gasteiger partial charge in [-0.2, -0.15) is 13.2 Å². The van der Waals surface area contributed by atoms with Crippen molar-refractivity contribution in [3.63, 3.8) is 0 Å². The monoisotopic (exact) mass is 295 g/mol. The van der Waals surface area contributed by atoms with Crippen molar-refractivity contribution in [1.29, 1.82) is 0 Å². The number of piperazine rings is 1. The standard InChI is InChI=1S/C10H16F3N5S/c1-14-9-16-15-8(19-9)6-17-2-4-18(5-3-17)7-10(11,12)13/h2-7H2,1H3,(H,14,16). The third-order valence-corrected chi connectivity index (χ3v) is 3.83. The summed E-state index contributed by atoms with van der Waals surface area (Å²) in [6.45, 7) is 1.98. The van der Waals surface area contributed by atoms with Gasteiger partial charge in [0.05, 0.1) is 13.1 Å². The first-order chi connectivity index (χ1) is 8.96. The third kappa shape index (κ3) is 4.59. The molecule has 1 aliphatic heterocycles. The molecule has 1 N–H and O–H groups in total. The number of alkyl halides is 3. The molecule has 1 fully saturated rings. The largest absolute Gasteiger partial charge is 0.401 e.